The standard InChI is InChI=1S/C5H7O5P/c1-3(11(9)10)2-4(6)5(7)8/h2H2,1H3,(H,7,8)(H,9,10). The van der Waals surface area contributed by atoms with E-state index < -0.39 is 26.2 Å². The number of carboxylic acid groups (broad SMARTS) is 1. The van der Waals surface area contributed by atoms with E-state index in [2.05, 4.69) is 0 Å². The lowest BCUT2D eigenvalue weighted by Crippen LogP contribution is -2.16. The number of rotatable bonds is 3. The van der Waals surface area contributed by atoms with Gasteiger partial charge in [0.1, 0.15) is 5.29 Å². The predicted molar refractivity (Wildman–Crippen MR) is 37.1 cm³/mol. The third-order valence-electron chi connectivity index (χ3n) is 0.981. The van der Waals surface area contributed by atoms with Gasteiger partial charge < -0.3 is 10.00 Å². The van der Waals surface area contributed by atoms with E-state index in [1.807, 2.05) is 0 Å². The minimum Gasteiger partial charge on any atom is -0.603 e. The van der Waals surface area contributed by atoms with Gasteiger partial charge in [-0.15, -0.1) is 0 Å². The van der Waals surface area contributed by atoms with Crippen molar-refractivity contribution in [3.05, 3.63) is 0 Å². The number of Topliss-reactive ketones (excluding diaryl/α,β-unsaturated/α-hetero) is 1. The predicted octanol–water partition coefficient (Wildman–Crippen LogP) is -1.11. The summed E-state index contributed by atoms with van der Waals surface area (Å²) in [6, 6.07) is 0. The summed E-state index contributed by atoms with van der Waals surface area (Å²) >= 11 is 0. The molecule has 0 heterocycles. The van der Waals surface area contributed by atoms with E-state index in [4.69, 9.17) is 10.00 Å². The molecule has 0 aromatic carbocycles. The van der Waals surface area contributed by atoms with E-state index in [0.29, 0.717) is 0 Å². The van der Waals surface area contributed by atoms with Crippen LogP contribution >= 0.6 is 8.00 Å². The number of ketones is 1. The molecule has 0 amide bonds. The van der Waals surface area contributed by atoms with Crippen molar-refractivity contribution in [3.8, 4) is 0 Å². The fourth-order valence-corrected chi connectivity index (χ4v) is 0.654. The van der Waals surface area contributed by atoms with Crippen molar-refractivity contribution in [2.75, 3.05) is 0 Å². The molecule has 0 radical (unpaired) electrons. The first-order valence-corrected chi connectivity index (χ1v) is 3.91. The van der Waals surface area contributed by atoms with Crippen LogP contribution < -0.4 is 4.89 Å². The Kier molecular flexibility index (Phi) is 3.89. The lowest BCUT2D eigenvalue weighted by Gasteiger charge is -1.92. The summed E-state index contributed by atoms with van der Waals surface area (Å²) < 4.78 is 0. The highest BCUT2D eigenvalue weighted by molar-refractivity contribution is 7.45. The molecule has 0 bridgehead atoms. The van der Waals surface area contributed by atoms with Gasteiger partial charge in [0.15, 0.2) is 0 Å². The maximum absolute atomic E-state index is 10.4. The van der Waals surface area contributed by atoms with Gasteiger partial charge in [0.05, 0.1) is 6.42 Å². The fraction of sp³-hybridized carbons (Fsp3) is 0.400. The van der Waals surface area contributed by atoms with Gasteiger partial charge in [-0.1, -0.05) is 0 Å². The summed E-state index contributed by atoms with van der Waals surface area (Å²) in [5.74, 6) is -2.65. The Morgan fingerprint density at radius 3 is 2.27 bits per heavy atom. The van der Waals surface area contributed by atoms with Crippen LogP contribution in [0.2, 0.25) is 0 Å². The lowest BCUT2D eigenvalue weighted by atomic mass is 10.2. The van der Waals surface area contributed by atoms with E-state index >= 15 is 0 Å². The molecule has 0 saturated carbocycles. The highest BCUT2D eigenvalue weighted by Crippen LogP contribution is 2.07. The molecule has 6 heteroatoms. The van der Waals surface area contributed by atoms with Crippen LogP contribution in [0, 0.1) is 0 Å². The number of carboxylic acids is 1. The topological polar surface area (TPSA) is 97.7 Å². The Bertz CT molecular complexity index is 215. The number of carbonyl (C=O) groups excluding carboxylic acids is 1. The number of aliphatic carboxylic acids is 1. The van der Waals surface area contributed by atoms with Gasteiger partial charge in [0, 0.05) is 0 Å². The minimum atomic E-state index is -2.54. The first kappa shape index (κ1) is 10.2. The second-order valence-electron chi connectivity index (χ2n) is 1.91. The van der Waals surface area contributed by atoms with Crippen LogP contribution in [0.1, 0.15) is 13.3 Å². The van der Waals surface area contributed by atoms with E-state index in [9.17, 15) is 14.5 Å². The number of carbonyl (C=O) groups is 2. The molecule has 1 atom stereocenters. The highest BCUT2D eigenvalue weighted by Gasteiger charge is 2.15. The normalized spacial score (nSPS) is 12.3. The zero-order valence-electron chi connectivity index (χ0n) is 5.77. The smallest absolute Gasteiger partial charge is 0.372 e. The van der Waals surface area contributed by atoms with Crippen LogP contribution in [0.15, 0.2) is 0 Å². The van der Waals surface area contributed by atoms with E-state index in [0.717, 1.165) is 0 Å². The molecule has 0 rings (SSSR count). The molecule has 1 unspecified atom stereocenters. The van der Waals surface area contributed by atoms with Crippen molar-refractivity contribution in [2.45, 2.75) is 13.3 Å². The second kappa shape index (κ2) is 4.18. The summed E-state index contributed by atoms with van der Waals surface area (Å²) in [5, 5.41) is 8.05. The minimum absolute atomic E-state index is 0.0209. The lowest BCUT2D eigenvalue weighted by molar-refractivity contribution is -0.167. The molecule has 0 spiro atoms. The Labute approximate surface area is 63.8 Å². The molecule has 0 aliphatic rings. The van der Waals surface area contributed by atoms with Gasteiger partial charge in [-0.05, 0) is 6.92 Å². The third-order valence-corrected chi connectivity index (χ3v) is 1.79. The Balaban J connectivity index is 4.18. The maximum atomic E-state index is 10.4. The summed E-state index contributed by atoms with van der Waals surface area (Å²) in [6.45, 7) is 1.26. The fourth-order valence-electron chi connectivity index (χ4n) is 0.376. The summed E-state index contributed by atoms with van der Waals surface area (Å²) in [4.78, 5) is 38.9. The molecular weight excluding hydrogens is 171 g/mol. The van der Waals surface area contributed by atoms with Crippen molar-refractivity contribution in [2.24, 2.45) is 0 Å². The van der Waals surface area contributed by atoms with Gasteiger partial charge in [0.2, 0.25) is 13.8 Å². The van der Waals surface area contributed by atoms with Crippen LogP contribution in [-0.4, -0.2) is 27.0 Å². The van der Waals surface area contributed by atoms with Crippen molar-refractivity contribution in [1.82, 2.24) is 0 Å². The average Bonchev–Trinajstić information content (AvgIpc) is 1.87. The van der Waals surface area contributed by atoms with E-state index in [1.54, 1.807) is 0 Å². The summed E-state index contributed by atoms with van der Waals surface area (Å²) in [7, 11) is -2.54. The largest absolute Gasteiger partial charge is 0.603 e. The Morgan fingerprint density at radius 1 is 1.55 bits per heavy atom. The van der Waals surface area contributed by atoms with Crippen molar-refractivity contribution in [1.29, 1.82) is 0 Å². The molecule has 0 fully saturated rings. The van der Waals surface area contributed by atoms with Crippen LogP contribution in [-0.2, 0) is 9.59 Å². The molecular formula is C5H7O5P. The number of hydrogen-bond donors (Lipinski definition) is 2. The number of hydrogen-bond acceptors (Lipinski definition) is 4. The van der Waals surface area contributed by atoms with Gasteiger partial charge >= 0.3 is 5.97 Å². The summed E-state index contributed by atoms with van der Waals surface area (Å²) in [5.41, 5.74) is 0. The molecule has 0 aliphatic carbocycles. The zero-order valence-corrected chi connectivity index (χ0v) is 6.67. The molecule has 0 saturated heterocycles. The maximum Gasteiger partial charge on any atom is 0.372 e. The van der Waals surface area contributed by atoms with Crippen molar-refractivity contribution < 1.29 is 24.5 Å². The highest BCUT2D eigenvalue weighted by atomic mass is 31.1. The Morgan fingerprint density at radius 2 is 2.00 bits per heavy atom. The van der Waals surface area contributed by atoms with Crippen LogP contribution in [0.4, 0.5) is 0 Å². The second-order valence-corrected chi connectivity index (χ2v) is 3.22. The van der Waals surface area contributed by atoms with Gasteiger partial charge in [0.25, 0.3) is 0 Å². The SMILES string of the molecule is C/C(CC(=O)C(=O)O)=[P+](\[O-])O. The molecule has 0 aromatic heterocycles. The van der Waals surface area contributed by atoms with Gasteiger partial charge in [-0.3, -0.25) is 4.79 Å². The quantitative estimate of drug-likeness (QED) is 0.421. The van der Waals surface area contributed by atoms with Gasteiger partial charge in [-0.2, -0.15) is 4.89 Å². The zero-order chi connectivity index (χ0) is 9.02. The average molecular weight is 178 g/mol. The third kappa shape index (κ3) is 3.83. The van der Waals surface area contributed by atoms with E-state index in [-0.39, 0.29) is 5.29 Å². The molecule has 11 heavy (non-hydrogen) atoms. The van der Waals surface area contributed by atoms with Crippen LogP contribution in [0.5, 0.6) is 0 Å². The van der Waals surface area contributed by atoms with Crippen LogP contribution in [0.25, 0.3) is 0 Å². The molecule has 5 nitrogen and oxygen atoms in total. The first-order valence-electron chi connectivity index (χ1n) is 2.70. The molecule has 0 aromatic rings. The molecule has 0 aliphatic heterocycles. The van der Waals surface area contributed by atoms with Crippen molar-refractivity contribution >= 4 is 25.0 Å². The monoisotopic (exact) mass is 178 g/mol. The first-order chi connectivity index (χ1) is 4.95. The van der Waals surface area contributed by atoms with Crippen molar-refractivity contribution in [3.63, 3.8) is 0 Å². The molecule has 2 N–H and O–H groups in total. The van der Waals surface area contributed by atoms with Gasteiger partial charge in [-0.25, -0.2) is 4.79 Å². The van der Waals surface area contributed by atoms with E-state index in [1.165, 1.54) is 6.92 Å². The summed E-state index contributed by atoms with van der Waals surface area (Å²) in [6.07, 6.45) is -0.471. The Hall–Kier alpha value is -0.770. The van der Waals surface area contributed by atoms with Crippen LogP contribution in [0.3, 0.4) is 0 Å². The molecule has 62 valence electrons.